The molecular weight excluding hydrogens is 498 g/mol. The van der Waals surface area contributed by atoms with Crippen LogP contribution in [0.15, 0.2) is 60.7 Å². The summed E-state index contributed by atoms with van der Waals surface area (Å²) < 4.78 is 5.27. The number of hydrogen-bond donors (Lipinski definition) is 4. The van der Waals surface area contributed by atoms with Gasteiger partial charge >= 0.3 is 12.1 Å². The number of hydrogen-bond acceptors (Lipinski definition) is 5. The summed E-state index contributed by atoms with van der Waals surface area (Å²) >= 11 is 0. The number of carboxylic acids is 1. The van der Waals surface area contributed by atoms with Gasteiger partial charge in [0.2, 0.25) is 11.8 Å². The lowest BCUT2D eigenvalue weighted by atomic mass is 9.73. The maximum atomic E-state index is 13.4. The molecule has 3 amide bonds. The summed E-state index contributed by atoms with van der Waals surface area (Å²) in [7, 11) is 0. The zero-order valence-corrected chi connectivity index (χ0v) is 22.8. The van der Waals surface area contributed by atoms with Crippen molar-refractivity contribution < 1.29 is 29.0 Å². The van der Waals surface area contributed by atoms with Crippen LogP contribution in [0.25, 0.3) is 0 Å². The molecule has 0 aromatic heterocycles. The lowest BCUT2D eigenvalue weighted by Gasteiger charge is -2.34. The SMILES string of the molecule is CC1CCCC(C)C1C(=O)N[C@@H](C)NC(=O)[C@@H](NC(=O)OCc1ccccc1)C(Cc1ccccc1)C(=O)O. The maximum absolute atomic E-state index is 13.4. The van der Waals surface area contributed by atoms with Crippen LogP contribution in [0.2, 0.25) is 0 Å². The van der Waals surface area contributed by atoms with Crippen LogP contribution in [0, 0.1) is 23.7 Å². The van der Waals surface area contributed by atoms with E-state index in [2.05, 4.69) is 29.8 Å². The number of alkyl carbamates (subject to hydrolysis) is 1. The van der Waals surface area contributed by atoms with Gasteiger partial charge in [-0.25, -0.2) is 4.79 Å². The van der Waals surface area contributed by atoms with Crippen molar-refractivity contribution >= 4 is 23.9 Å². The van der Waals surface area contributed by atoms with Crippen molar-refractivity contribution in [1.29, 1.82) is 0 Å². The molecule has 39 heavy (non-hydrogen) atoms. The summed E-state index contributed by atoms with van der Waals surface area (Å²) in [5.41, 5.74) is 1.44. The number of ether oxygens (including phenoxy) is 1. The van der Waals surface area contributed by atoms with Crippen molar-refractivity contribution in [3.63, 3.8) is 0 Å². The molecule has 3 unspecified atom stereocenters. The number of rotatable bonds is 11. The Morgan fingerprint density at radius 2 is 1.44 bits per heavy atom. The molecule has 9 nitrogen and oxygen atoms in total. The molecule has 0 saturated heterocycles. The molecule has 0 bridgehead atoms. The van der Waals surface area contributed by atoms with Crippen molar-refractivity contribution in [3.05, 3.63) is 71.8 Å². The van der Waals surface area contributed by atoms with Crippen molar-refractivity contribution in [2.24, 2.45) is 23.7 Å². The van der Waals surface area contributed by atoms with Crippen LogP contribution >= 0.6 is 0 Å². The molecule has 3 rings (SSSR count). The van der Waals surface area contributed by atoms with Crippen LogP contribution in [0.5, 0.6) is 0 Å². The summed E-state index contributed by atoms with van der Waals surface area (Å²) in [6, 6.07) is 16.4. The molecule has 9 heteroatoms. The Morgan fingerprint density at radius 1 is 0.872 bits per heavy atom. The van der Waals surface area contributed by atoms with Gasteiger partial charge in [0, 0.05) is 5.92 Å². The molecule has 1 aliphatic rings. The first-order chi connectivity index (χ1) is 18.7. The summed E-state index contributed by atoms with van der Waals surface area (Å²) in [6.45, 7) is 5.70. The molecule has 0 heterocycles. The van der Waals surface area contributed by atoms with Gasteiger partial charge in [-0.3, -0.25) is 14.4 Å². The van der Waals surface area contributed by atoms with Crippen LogP contribution in [0.1, 0.15) is 51.2 Å². The maximum Gasteiger partial charge on any atom is 0.408 e. The highest BCUT2D eigenvalue weighted by Gasteiger charge is 2.37. The van der Waals surface area contributed by atoms with E-state index >= 15 is 0 Å². The first kappa shape index (κ1) is 29.7. The van der Waals surface area contributed by atoms with Gasteiger partial charge in [0.25, 0.3) is 0 Å². The van der Waals surface area contributed by atoms with Crippen molar-refractivity contribution in [1.82, 2.24) is 16.0 Å². The fraction of sp³-hybridized carbons (Fsp3) is 0.467. The van der Waals surface area contributed by atoms with Gasteiger partial charge in [0.05, 0.1) is 12.1 Å². The quantitative estimate of drug-likeness (QED) is 0.322. The summed E-state index contributed by atoms with van der Waals surface area (Å²) in [5, 5.41) is 18.0. The van der Waals surface area contributed by atoms with E-state index in [1.807, 2.05) is 6.07 Å². The summed E-state index contributed by atoms with van der Waals surface area (Å²) in [6.07, 6.45) is 1.34. The highest BCUT2D eigenvalue weighted by atomic mass is 16.5. The number of aliphatic carboxylic acids is 1. The van der Waals surface area contributed by atoms with Gasteiger partial charge in [0.15, 0.2) is 0 Å². The van der Waals surface area contributed by atoms with Gasteiger partial charge in [0.1, 0.15) is 12.6 Å². The largest absolute Gasteiger partial charge is 0.481 e. The monoisotopic (exact) mass is 537 g/mol. The van der Waals surface area contributed by atoms with Gasteiger partial charge in [-0.1, -0.05) is 80.9 Å². The zero-order chi connectivity index (χ0) is 28.4. The Hall–Kier alpha value is -3.88. The molecule has 0 spiro atoms. The number of carbonyl (C=O) groups excluding carboxylic acids is 3. The highest BCUT2D eigenvalue weighted by molar-refractivity contribution is 5.91. The van der Waals surface area contributed by atoms with Crippen LogP contribution < -0.4 is 16.0 Å². The average Bonchev–Trinajstić information content (AvgIpc) is 2.90. The minimum absolute atomic E-state index is 0.00503. The van der Waals surface area contributed by atoms with E-state index in [1.165, 1.54) is 0 Å². The standard InChI is InChI=1S/C30H39N3O6/c1-19-11-10-12-20(2)25(19)27(34)31-21(3)32-28(35)26(24(29(36)37)17-22-13-6-4-7-14-22)33-30(38)39-18-23-15-8-5-9-16-23/h4-9,13-16,19-21,24-26H,10-12,17-18H2,1-3H3,(H,31,34)(H,32,35)(H,33,38)(H,36,37)/t19?,20?,21-,24?,25?,26+/m1/s1. The van der Waals surface area contributed by atoms with E-state index in [1.54, 1.807) is 61.5 Å². The molecule has 1 saturated carbocycles. The number of benzene rings is 2. The van der Waals surface area contributed by atoms with Gasteiger partial charge in [-0.2, -0.15) is 0 Å². The number of amides is 3. The predicted octanol–water partition coefficient (Wildman–Crippen LogP) is 3.88. The van der Waals surface area contributed by atoms with Crippen LogP contribution in [-0.4, -0.2) is 41.2 Å². The van der Waals surface area contributed by atoms with E-state index in [9.17, 15) is 24.3 Å². The van der Waals surface area contributed by atoms with Gasteiger partial charge in [-0.15, -0.1) is 0 Å². The smallest absolute Gasteiger partial charge is 0.408 e. The molecule has 1 fully saturated rings. The molecule has 5 atom stereocenters. The first-order valence-corrected chi connectivity index (χ1v) is 13.5. The lowest BCUT2D eigenvalue weighted by Crippen LogP contribution is -2.58. The summed E-state index contributed by atoms with van der Waals surface area (Å²) in [5.74, 6) is -3.10. The van der Waals surface area contributed by atoms with Crippen molar-refractivity contribution in [2.75, 3.05) is 0 Å². The van der Waals surface area contributed by atoms with E-state index in [0.717, 1.165) is 24.8 Å². The molecule has 0 radical (unpaired) electrons. The second-order valence-corrected chi connectivity index (χ2v) is 10.5. The molecule has 210 valence electrons. The molecule has 2 aromatic carbocycles. The Labute approximate surface area is 229 Å². The lowest BCUT2D eigenvalue weighted by molar-refractivity contribution is -0.145. The van der Waals surface area contributed by atoms with Gasteiger partial charge in [-0.05, 0) is 49.1 Å². The fourth-order valence-corrected chi connectivity index (χ4v) is 5.30. The van der Waals surface area contributed by atoms with Crippen LogP contribution in [0.3, 0.4) is 0 Å². The van der Waals surface area contributed by atoms with E-state index in [4.69, 9.17) is 4.74 Å². The Bertz CT molecular complexity index is 1100. The number of carbonyl (C=O) groups is 4. The third-order valence-electron chi connectivity index (χ3n) is 7.35. The van der Waals surface area contributed by atoms with Crippen molar-refractivity contribution in [2.45, 2.75) is 65.3 Å². The average molecular weight is 538 g/mol. The number of carboxylic acid groups (broad SMARTS) is 1. The Kier molecular flexibility index (Phi) is 10.9. The Balaban J connectivity index is 1.72. The highest BCUT2D eigenvalue weighted by Crippen LogP contribution is 2.34. The van der Waals surface area contributed by atoms with E-state index < -0.39 is 36.1 Å². The predicted molar refractivity (Wildman–Crippen MR) is 146 cm³/mol. The normalized spacial score (nSPS) is 21.1. The topological polar surface area (TPSA) is 134 Å². The number of nitrogens with one attached hydrogen (secondary N) is 3. The molecule has 2 aromatic rings. The van der Waals surface area contributed by atoms with E-state index in [0.29, 0.717) is 5.56 Å². The zero-order valence-electron chi connectivity index (χ0n) is 22.8. The third-order valence-corrected chi connectivity index (χ3v) is 7.35. The van der Waals surface area contributed by atoms with Gasteiger partial charge < -0.3 is 25.8 Å². The second-order valence-electron chi connectivity index (χ2n) is 10.5. The van der Waals surface area contributed by atoms with E-state index in [-0.39, 0.29) is 36.7 Å². The Morgan fingerprint density at radius 3 is 2.00 bits per heavy atom. The summed E-state index contributed by atoms with van der Waals surface area (Å²) in [4.78, 5) is 51.4. The fourth-order valence-electron chi connectivity index (χ4n) is 5.30. The minimum atomic E-state index is -1.45. The van der Waals surface area contributed by atoms with Crippen LogP contribution in [-0.2, 0) is 32.1 Å². The van der Waals surface area contributed by atoms with Crippen LogP contribution in [0.4, 0.5) is 4.79 Å². The molecule has 0 aliphatic heterocycles. The molecular formula is C30H39N3O6. The molecule has 4 N–H and O–H groups in total. The van der Waals surface area contributed by atoms with Crippen molar-refractivity contribution in [3.8, 4) is 0 Å². The molecule has 1 aliphatic carbocycles. The minimum Gasteiger partial charge on any atom is -0.481 e. The second kappa shape index (κ2) is 14.3. The third kappa shape index (κ3) is 8.84. The first-order valence-electron chi connectivity index (χ1n) is 13.5.